The van der Waals surface area contributed by atoms with Gasteiger partial charge in [0.05, 0.1) is 6.33 Å². The maximum Gasteiger partial charge on any atom is 0.262 e. The average molecular weight is 310 g/mol. The van der Waals surface area contributed by atoms with Crippen molar-refractivity contribution >= 4 is 16.8 Å². The first-order valence-electron chi connectivity index (χ1n) is 7.72. The number of hydrogen-bond acceptors (Lipinski definition) is 5. The van der Waals surface area contributed by atoms with Crippen LogP contribution in [0.3, 0.4) is 0 Å². The predicted molar refractivity (Wildman–Crippen MR) is 89.8 cm³/mol. The van der Waals surface area contributed by atoms with Gasteiger partial charge in [0.1, 0.15) is 11.1 Å². The van der Waals surface area contributed by atoms with Crippen LogP contribution in [-0.2, 0) is 0 Å². The fourth-order valence-electron chi connectivity index (χ4n) is 2.91. The molecular weight excluding hydrogens is 292 g/mol. The highest BCUT2D eigenvalue weighted by Crippen LogP contribution is 2.27. The highest BCUT2D eigenvalue weighted by atomic mass is 16.3. The monoisotopic (exact) mass is 310 g/mol. The molecule has 0 atom stereocenters. The molecule has 23 heavy (non-hydrogen) atoms. The molecule has 1 aliphatic rings. The molecule has 2 aromatic heterocycles. The van der Waals surface area contributed by atoms with Crippen molar-refractivity contribution in [3.8, 4) is 11.3 Å². The van der Waals surface area contributed by atoms with Crippen molar-refractivity contribution in [3.05, 3.63) is 47.0 Å². The van der Waals surface area contributed by atoms with Gasteiger partial charge in [-0.3, -0.25) is 4.79 Å². The van der Waals surface area contributed by atoms with E-state index in [1.165, 1.54) is 12.0 Å². The molecule has 0 saturated carbocycles. The molecular formula is C17H18N4O2. The van der Waals surface area contributed by atoms with Crippen LogP contribution < -0.4 is 10.5 Å². The second-order valence-corrected chi connectivity index (χ2v) is 5.90. The molecule has 0 unspecified atom stereocenters. The zero-order valence-corrected chi connectivity index (χ0v) is 13.0. The molecule has 1 N–H and O–H groups in total. The summed E-state index contributed by atoms with van der Waals surface area (Å²) in [5.41, 5.74) is 2.35. The Morgan fingerprint density at radius 1 is 1.13 bits per heavy atom. The van der Waals surface area contributed by atoms with Gasteiger partial charge in [-0.1, -0.05) is 0 Å². The molecule has 6 nitrogen and oxygen atoms in total. The van der Waals surface area contributed by atoms with Gasteiger partial charge in [0.2, 0.25) is 5.71 Å². The molecule has 4 rings (SSSR count). The van der Waals surface area contributed by atoms with Gasteiger partial charge in [-0.2, -0.15) is 0 Å². The summed E-state index contributed by atoms with van der Waals surface area (Å²) in [6, 6.07) is 10.0. The molecule has 0 amide bonds. The number of aromatic nitrogens is 2. The number of furan rings is 1. The largest absolute Gasteiger partial charge is 0.437 e. The second kappa shape index (κ2) is 5.55. The Balaban J connectivity index is 1.62. The van der Waals surface area contributed by atoms with Crippen LogP contribution in [0.4, 0.5) is 5.69 Å². The molecule has 1 saturated heterocycles. The number of nitrogens with zero attached hydrogens (tertiary/aromatic N) is 3. The van der Waals surface area contributed by atoms with Crippen molar-refractivity contribution in [1.29, 1.82) is 0 Å². The fourth-order valence-corrected chi connectivity index (χ4v) is 2.91. The van der Waals surface area contributed by atoms with Crippen molar-refractivity contribution in [2.45, 2.75) is 0 Å². The Hall–Kier alpha value is -2.60. The van der Waals surface area contributed by atoms with Crippen LogP contribution >= 0.6 is 0 Å². The summed E-state index contributed by atoms with van der Waals surface area (Å²) in [7, 11) is 2.15. The van der Waals surface area contributed by atoms with Crippen LogP contribution in [0, 0.1) is 0 Å². The van der Waals surface area contributed by atoms with E-state index in [1.54, 1.807) is 6.07 Å². The summed E-state index contributed by atoms with van der Waals surface area (Å²) in [5, 5.41) is 0.477. The van der Waals surface area contributed by atoms with Crippen molar-refractivity contribution < 1.29 is 4.42 Å². The number of hydrogen-bond donors (Lipinski definition) is 1. The second-order valence-electron chi connectivity index (χ2n) is 5.90. The quantitative estimate of drug-likeness (QED) is 0.783. The normalized spacial score (nSPS) is 16.1. The molecule has 3 aromatic rings. The van der Waals surface area contributed by atoms with Gasteiger partial charge < -0.3 is 19.2 Å². The molecule has 0 aliphatic carbocycles. The molecule has 1 fully saturated rings. The van der Waals surface area contributed by atoms with Crippen LogP contribution in [0.15, 0.2) is 45.9 Å². The minimum Gasteiger partial charge on any atom is -0.437 e. The number of benzene rings is 1. The van der Waals surface area contributed by atoms with Gasteiger partial charge >= 0.3 is 0 Å². The highest BCUT2D eigenvalue weighted by Gasteiger charge is 2.15. The summed E-state index contributed by atoms with van der Waals surface area (Å²) < 4.78 is 5.68. The predicted octanol–water partition coefficient (Wildman–Crippen LogP) is 1.93. The lowest BCUT2D eigenvalue weighted by molar-refractivity contribution is 0.313. The van der Waals surface area contributed by atoms with Crippen molar-refractivity contribution in [2.75, 3.05) is 38.1 Å². The Morgan fingerprint density at radius 3 is 2.57 bits per heavy atom. The first kappa shape index (κ1) is 14.0. The van der Waals surface area contributed by atoms with Crippen LogP contribution in [0.25, 0.3) is 22.4 Å². The number of H-pyrrole nitrogens is 1. The SMILES string of the molecule is CN1CCN(c2ccc(-c3cc4c(=O)[nH]cnc4o3)cc2)CC1. The lowest BCUT2D eigenvalue weighted by atomic mass is 10.1. The first-order valence-corrected chi connectivity index (χ1v) is 7.72. The Kier molecular flexibility index (Phi) is 3.38. The van der Waals surface area contributed by atoms with E-state index in [2.05, 4.69) is 38.9 Å². The molecule has 6 heteroatoms. The Bertz CT molecular complexity index is 873. The van der Waals surface area contributed by atoms with E-state index in [0.717, 1.165) is 31.7 Å². The summed E-state index contributed by atoms with van der Waals surface area (Å²) >= 11 is 0. The van der Waals surface area contributed by atoms with Gasteiger partial charge in [-0.15, -0.1) is 0 Å². The third kappa shape index (κ3) is 2.61. The molecule has 1 aliphatic heterocycles. The van der Waals surface area contributed by atoms with Crippen LogP contribution in [0.2, 0.25) is 0 Å². The zero-order valence-electron chi connectivity index (χ0n) is 13.0. The van der Waals surface area contributed by atoms with Gasteiger partial charge in [-0.05, 0) is 37.4 Å². The highest BCUT2D eigenvalue weighted by molar-refractivity contribution is 5.79. The van der Waals surface area contributed by atoms with Crippen LogP contribution in [0.1, 0.15) is 0 Å². The van der Waals surface area contributed by atoms with E-state index in [-0.39, 0.29) is 5.56 Å². The van der Waals surface area contributed by atoms with E-state index >= 15 is 0 Å². The number of piperazine rings is 1. The third-order valence-corrected chi connectivity index (χ3v) is 4.35. The zero-order chi connectivity index (χ0) is 15.8. The Labute approximate surface area is 133 Å². The molecule has 1 aromatic carbocycles. The van der Waals surface area contributed by atoms with E-state index in [1.807, 2.05) is 12.1 Å². The molecule has 118 valence electrons. The summed E-state index contributed by atoms with van der Waals surface area (Å²) in [4.78, 5) is 23.1. The number of likely N-dealkylation sites (N-methyl/N-ethyl adjacent to an activating group) is 1. The molecule has 3 heterocycles. The fraction of sp³-hybridized carbons (Fsp3) is 0.294. The molecule has 0 radical (unpaired) electrons. The maximum absolute atomic E-state index is 11.7. The minimum absolute atomic E-state index is 0.181. The number of anilines is 1. The topological polar surface area (TPSA) is 65.4 Å². The number of rotatable bonds is 2. The van der Waals surface area contributed by atoms with Crippen LogP contribution in [0.5, 0.6) is 0 Å². The number of nitrogens with one attached hydrogen (secondary N) is 1. The van der Waals surface area contributed by atoms with E-state index in [4.69, 9.17) is 4.42 Å². The number of aromatic amines is 1. The van der Waals surface area contributed by atoms with E-state index in [0.29, 0.717) is 16.9 Å². The lowest BCUT2D eigenvalue weighted by Crippen LogP contribution is -2.44. The summed E-state index contributed by atoms with van der Waals surface area (Å²) in [5.74, 6) is 0.661. The van der Waals surface area contributed by atoms with Crippen molar-refractivity contribution in [1.82, 2.24) is 14.9 Å². The smallest absolute Gasteiger partial charge is 0.262 e. The lowest BCUT2D eigenvalue weighted by Gasteiger charge is -2.34. The summed E-state index contributed by atoms with van der Waals surface area (Å²) in [6.07, 6.45) is 1.36. The standard InChI is InChI=1S/C17H18N4O2/c1-20-6-8-21(9-7-20)13-4-2-12(3-5-13)15-10-14-16(22)18-11-19-17(14)23-15/h2-5,10-11H,6-9H2,1H3,(H,18,19,22). The van der Waals surface area contributed by atoms with Gasteiger partial charge in [-0.25, -0.2) is 4.98 Å². The van der Waals surface area contributed by atoms with E-state index < -0.39 is 0 Å². The maximum atomic E-state index is 11.7. The van der Waals surface area contributed by atoms with Crippen LogP contribution in [-0.4, -0.2) is 48.1 Å². The van der Waals surface area contributed by atoms with Crippen molar-refractivity contribution in [3.63, 3.8) is 0 Å². The van der Waals surface area contributed by atoms with Gasteiger partial charge in [0.25, 0.3) is 5.56 Å². The van der Waals surface area contributed by atoms with Crippen molar-refractivity contribution in [2.24, 2.45) is 0 Å². The Morgan fingerprint density at radius 2 is 1.87 bits per heavy atom. The summed E-state index contributed by atoms with van der Waals surface area (Å²) in [6.45, 7) is 4.25. The molecule has 0 bridgehead atoms. The molecule has 0 spiro atoms. The minimum atomic E-state index is -0.181. The number of fused-ring (bicyclic) bond motifs is 1. The third-order valence-electron chi connectivity index (χ3n) is 4.35. The van der Waals surface area contributed by atoms with E-state index in [9.17, 15) is 4.79 Å². The average Bonchev–Trinajstić information content (AvgIpc) is 3.01. The van der Waals surface area contributed by atoms with Gasteiger partial charge in [0.15, 0.2) is 0 Å². The van der Waals surface area contributed by atoms with Gasteiger partial charge in [0, 0.05) is 37.4 Å². The first-order chi connectivity index (χ1) is 11.2.